The number of carbonyl (C=O) groups is 1. The Hall–Kier alpha value is -0.830. The summed E-state index contributed by atoms with van der Waals surface area (Å²) in [5.74, 6) is -0.174. The van der Waals surface area contributed by atoms with E-state index in [-0.39, 0.29) is 17.5 Å². The summed E-state index contributed by atoms with van der Waals surface area (Å²) in [5, 5.41) is 0. The molecule has 0 saturated carbocycles. The summed E-state index contributed by atoms with van der Waals surface area (Å²) in [6.45, 7) is 12.7. The van der Waals surface area contributed by atoms with Gasteiger partial charge in [0.15, 0.2) is 0 Å². The SMILES string of the molecule is CCC(=O)OCC(C)(C)OC(C)C1=CC(C)(C)CCC1. The summed E-state index contributed by atoms with van der Waals surface area (Å²) in [4.78, 5) is 11.2. The van der Waals surface area contributed by atoms with Crippen LogP contribution in [0.5, 0.6) is 0 Å². The molecule has 1 atom stereocenters. The molecule has 1 rings (SSSR count). The van der Waals surface area contributed by atoms with E-state index in [2.05, 4.69) is 26.8 Å². The van der Waals surface area contributed by atoms with Gasteiger partial charge < -0.3 is 9.47 Å². The van der Waals surface area contributed by atoms with Gasteiger partial charge in [-0.15, -0.1) is 0 Å². The molecule has 0 saturated heterocycles. The van der Waals surface area contributed by atoms with Gasteiger partial charge in [0.25, 0.3) is 0 Å². The lowest BCUT2D eigenvalue weighted by Gasteiger charge is -2.34. The van der Waals surface area contributed by atoms with Crippen molar-refractivity contribution in [2.45, 2.75) is 78.9 Å². The lowest BCUT2D eigenvalue weighted by molar-refractivity contribution is -0.155. The molecule has 1 aliphatic rings. The minimum atomic E-state index is -0.452. The molecule has 0 radical (unpaired) electrons. The van der Waals surface area contributed by atoms with Crippen LogP contribution in [-0.2, 0) is 14.3 Å². The summed E-state index contributed by atoms with van der Waals surface area (Å²) in [7, 11) is 0. The van der Waals surface area contributed by atoms with Gasteiger partial charge in [-0.25, -0.2) is 0 Å². The van der Waals surface area contributed by atoms with Gasteiger partial charge in [0, 0.05) is 6.42 Å². The van der Waals surface area contributed by atoms with E-state index in [1.165, 1.54) is 18.4 Å². The zero-order valence-electron chi connectivity index (χ0n) is 13.9. The van der Waals surface area contributed by atoms with Gasteiger partial charge in [0.05, 0.1) is 11.7 Å². The monoisotopic (exact) mass is 282 g/mol. The molecule has 0 spiro atoms. The first kappa shape index (κ1) is 17.2. The third-order valence-electron chi connectivity index (χ3n) is 3.75. The lowest BCUT2D eigenvalue weighted by Crippen LogP contribution is -2.36. The summed E-state index contributed by atoms with van der Waals surface area (Å²) in [5.41, 5.74) is 1.19. The predicted molar refractivity (Wildman–Crippen MR) is 81.6 cm³/mol. The van der Waals surface area contributed by atoms with Crippen molar-refractivity contribution < 1.29 is 14.3 Å². The summed E-state index contributed by atoms with van der Waals surface area (Å²) in [6, 6.07) is 0. The van der Waals surface area contributed by atoms with E-state index in [1.807, 2.05) is 13.8 Å². The van der Waals surface area contributed by atoms with Crippen LogP contribution in [0.3, 0.4) is 0 Å². The molecule has 0 fully saturated rings. The molecule has 0 amide bonds. The van der Waals surface area contributed by atoms with Gasteiger partial charge in [-0.2, -0.15) is 0 Å². The normalized spacial score (nSPS) is 20.2. The molecule has 116 valence electrons. The van der Waals surface area contributed by atoms with Crippen molar-refractivity contribution in [2.75, 3.05) is 6.61 Å². The van der Waals surface area contributed by atoms with E-state index in [0.717, 1.165) is 6.42 Å². The van der Waals surface area contributed by atoms with Crippen LogP contribution in [0.15, 0.2) is 11.6 Å². The molecular weight excluding hydrogens is 252 g/mol. The molecule has 0 N–H and O–H groups in total. The fraction of sp³-hybridized carbons (Fsp3) is 0.824. The van der Waals surface area contributed by atoms with E-state index in [4.69, 9.17) is 9.47 Å². The van der Waals surface area contributed by atoms with Gasteiger partial charge in [-0.3, -0.25) is 4.79 Å². The van der Waals surface area contributed by atoms with Crippen LogP contribution in [-0.4, -0.2) is 24.3 Å². The molecule has 0 aromatic rings. The highest BCUT2D eigenvalue weighted by atomic mass is 16.6. The Morgan fingerprint density at radius 3 is 2.65 bits per heavy atom. The quantitative estimate of drug-likeness (QED) is 0.539. The molecular formula is C17H30O3. The van der Waals surface area contributed by atoms with Crippen LogP contribution in [0.4, 0.5) is 0 Å². The second kappa shape index (κ2) is 6.75. The Kier molecular flexibility index (Phi) is 5.81. The fourth-order valence-electron chi connectivity index (χ4n) is 2.66. The van der Waals surface area contributed by atoms with Crippen LogP contribution in [0.25, 0.3) is 0 Å². The molecule has 0 aliphatic heterocycles. The zero-order valence-corrected chi connectivity index (χ0v) is 13.9. The molecule has 0 aromatic heterocycles. The summed E-state index contributed by atoms with van der Waals surface area (Å²) >= 11 is 0. The highest BCUT2D eigenvalue weighted by Crippen LogP contribution is 2.35. The lowest BCUT2D eigenvalue weighted by atomic mass is 9.78. The highest BCUT2D eigenvalue weighted by Gasteiger charge is 2.28. The Morgan fingerprint density at radius 1 is 1.45 bits per heavy atom. The molecule has 0 aromatic carbocycles. The average Bonchev–Trinajstić information content (AvgIpc) is 2.34. The van der Waals surface area contributed by atoms with Crippen molar-refractivity contribution >= 4 is 5.97 Å². The van der Waals surface area contributed by atoms with Gasteiger partial charge >= 0.3 is 5.97 Å². The second-order valence-corrected chi connectivity index (χ2v) is 7.10. The van der Waals surface area contributed by atoms with E-state index in [9.17, 15) is 4.79 Å². The van der Waals surface area contributed by atoms with Crippen molar-refractivity contribution in [1.29, 1.82) is 0 Å². The first-order valence-corrected chi connectivity index (χ1v) is 7.70. The number of allylic oxidation sites excluding steroid dienone is 1. The first-order valence-electron chi connectivity index (χ1n) is 7.70. The predicted octanol–water partition coefficient (Wildman–Crippen LogP) is 4.26. The fourth-order valence-corrected chi connectivity index (χ4v) is 2.66. The third kappa shape index (κ3) is 5.66. The minimum Gasteiger partial charge on any atom is -0.463 e. The van der Waals surface area contributed by atoms with Crippen molar-refractivity contribution in [3.63, 3.8) is 0 Å². The summed E-state index contributed by atoms with van der Waals surface area (Å²) in [6.07, 6.45) is 6.40. The number of hydrogen-bond acceptors (Lipinski definition) is 3. The van der Waals surface area contributed by atoms with Gasteiger partial charge in [0.2, 0.25) is 0 Å². The Balaban J connectivity index is 2.58. The van der Waals surface area contributed by atoms with Crippen molar-refractivity contribution in [3.05, 3.63) is 11.6 Å². The smallest absolute Gasteiger partial charge is 0.305 e. The number of esters is 1. The second-order valence-electron chi connectivity index (χ2n) is 7.10. The van der Waals surface area contributed by atoms with Crippen LogP contribution in [0.2, 0.25) is 0 Å². The maximum atomic E-state index is 11.2. The van der Waals surface area contributed by atoms with Gasteiger partial charge in [-0.05, 0) is 51.0 Å². The van der Waals surface area contributed by atoms with Crippen LogP contribution >= 0.6 is 0 Å². The van der Waals surface area contributed by atoms with Crippen LogP contribution in [0.1, 0.15) is 67.2 Å². The Bertz CT molecular complexity index is 366. The van der Waals surface area contributed by atoms with E-state index in [0.29, 0.717) is 13.0 Å². The minimum absolute atomic E-state index is 0.0740. The van der Waals surface area contributed by atoms with Crippen LogP contribution < -0.4 is 0 Å². The number of rotatable bonds is 6. The molecule has 0 heterocycles. The van der Waals surface area contributed by atoms with Crippen molar-refractivity contribution in [3.8, 4) is 0 Å². The van der Waals surface area contributed by atoms with Gasteiger partial charge in [0.1, 0.15) is 6.61 Å². The molecule has 1 aliphatic carbocycles. The van der Waals surface area contributed by atoms with Crippen molar-refractivity contribution in [2.24, 2.45) is 5.41 Å². The van der Waals surface area contributed by atoms with E-state index in [1.54, 1.807) is 6.92 Å². The maximum Gasteiger partial charge on any atom is 0.305 e. The number of ether oxygens (including phenoxy) is 2. The third-order valence-corrected chi connectivity index (χ3v) is 3.75. The Morgan fingerprint density at radius 2 is 2.10 bits per heavy atom. The Labute approximate surface area is 123 Å². The molecule has 1 unspecified atom stereocenters. The molecule has 0 bridgehead atoms. The molecule has 3 heteroatoms. The zero-order chi connectivity index (χ0) is 15.4. The highest BCUT2D eigenvalue weighted by molar-refractivity contribution is 5.68. The topological polar surface area (TPSA) is 35.5 Å². The van der Waals surface area contributed by atoms with E-state index >= 15 is 0 Å². The number of carbonyl (C=O) groups excluding carboxylic acids is 1. The van der Waals surface area contributed by atoms with Crippen LogP contribution in [0, 0.1) is 5.41 Å². The standard InChI is InChI=1S/C17H30O3/c1-7-15(18)19-12-17(5,6)20-13(2)14-9-8-10-16(3,4)11-14/h11,13H,7-10,12H2,1-6H3. The largest absolute Gasteiger partial charge is 0.463 e. The average molecular weight is 282 g/mol. The number of hydrogen-bond donors (Lipinski definition) is 0. The molecule has 20 heavy (non-hydrogen) atoms. The maximum absolute atomic E-state index is 11.2. The first-order chi connectivity index (χ1) is 9.15. The van der Waals surface area contributed by atoms with E-state index < -0.39 is 5.60 Å². The van der Waals surface area contributed by atoms with Crippen molar-refractivity contribution in [1.82, 2.24) is 0 Å². The molecule has 3 nitrogen and oxygen atoms in total. The summed E-state index contributed by atoms with van der Waals surface area (Å²) < 4.78 is 11.3. The van der Waals surface area contributed by atoms with Gasteiger partial charge in [-0.1, -0.05) is 26.8 Å².